The summed E-state index contributed by atoms with van der Waals surface area (Å²) in [6.45, 7) is 8.57. The van der Waals surface area contributed by atoms with Gasteiger partial charge in [-0.25, -0.2) is 23.1 Å². The minimum absolute atomic E-state index is 0.0401. The van der Waals surface area contributed by atoms with Crippen LogP contribution in [-0.2, 0) is 34.1 Å². The van der Waals surface area contributed by atoms with E-state index in [1.807, 2.05) is 76.2 Å². The summed E-state index contributed by atoms with van der Waals surface area (Å²) in [5.74, 6) is 2.07. The fourth-order valence-electron chi connectivity index (χ4n) is 6.86. The number of nitriles is 1. The number of nitrogens with one attached hydrogen (secondary N) is 1. The van der Waals surface area contributed by atoms with E-state index >= 15 is 0 Å². The Labute approximate surface area is 410 Å². The Kier molecular flexibility index (Phi) is 16.2. The molecule has 0 amide bonds. The highest BCUT2D eigenvalue weighted by Crippen LogP contribution is 2.41. The molecule has 0 bridgehead atoms. The van der Waals surface area contributed by atoms with Crippen LogP contribution in [0.4, 0.5) is 23.0 Å². The number of halogens is 4. The van der Waals surface area contributed by atoms with E-state index < -0.39 is 20.9 Å². The zero-order chi connectivity index (χ0) is 48.5. The van der Waals surface area contributed by atoms with E-state index in [4.69, 9.17) is 76.8 Å². The lowest BCUT2D eigenvalue weighted by atomic mass is 9.77. The van der Waals surface area contributed by atoms with E-state index in [2.05, 4.69) is 36.7 Å². The highest BCUT2D eigenvalue weighted by molar-refractivity contribution is 7.92. The molecule has 0 spiro atoms. The summed E-state index contributed by atoms with van der Waals surface area (Å²) in [6.07, 6.45) is 3.93. The summed E-state index contributed by atoms with van der Waals surface area (Å²) in [4.78, 5) is 17.0. The van der Waals surface area contributed by atoms with Crippen LogP contribution in [0.3, 0.4) is 0 Å². The van der Waals surface area contributed by atoms with Gasteiger partial charge in [-0.2, -0.15) is 5.26 Å². The predicted octanol–water partition coefficient (Wildman–Crippen LogP) is 10.6. The van der Waals surface area contributed by atoms with Crippen molar-refractivity contribution in [2.45, 2.75) is 51.7 Å². The Balaban J connectivity index is 1.27. The van der Waals surface area contributed by atoms with Crippen molar-refractivity contribution in [3.8, 4) is 35.1 Å². The first kappa shape index (κ1) is 50.2. The van der Waals surface area contributed by atoms with Gasteiger partial charge in [0.05, 0.1) is 51.6 Å². The number of nitrogen functional groups attached to an aromatic ring is 2. The fourth-order valence-corrected chi connectivity index (χ4v) is 8.07. The molecule has 67 heavy (non-hydrogen) atoms. The van der Waals surface area contributed by atoms with Gasteiger partial charge in [-0.15, -0.1) is 28.0 Å². The van der Waals surface area contributed by atoms with Crippen molar-refractivity contribution < 1.29 is 27.4 Å². The lowest BCUT2D eigenvalue weighted by Gasteiger charge is -2.27. The average molecular weight is 1010 g/mol. The topological polar surface area (TPSA) is 202 Å². The Morgan fingerprint density at radius 3 is 1.78 bits per heavy atom. The van der Waals surface area contributed by atoms with Crippen molar-refractivity contribution in [1.29, 1.82) is 5.26 Å². The maximum absolute atomic E-state index is 12.4. The van der Waals surface area contributed by atoms with E-state index in [1.54, 1.807) is 30.3 Å². The van der Waals surface area contributed by atoms with Gasteiger partial charge in [-0.1, -0.05) is 75.2 Å². The molecule has 14 nitrogen and oxygen atoms in total. The molecule has 5 N–H and O–H groups in total. The fraction of sp³-hybridized carbons (Fsp3) is 0.271. The van der Waals surface area contributed by atoms with Crippen LogP contribution in [0.25, 0.3) is 4.85 Å². The van der Waals surface area contributed by atoms with Gasteiger partial charge in [0.15, 0.2) is 17.6 Å². The summed E-state index contributed by atoms with van der Waals surface area (Å²) in [5, 5.41) is 10.4. The number of alkyl halides is 2. The number of pyridine rings is 1. The molecule has 0 atom stereocenters. The molecular weight excluding hydrogens is 958 g/mol. The zero-order valence-electron chi connectivity index (χ0n) is 37.2. The number of hydrogen-bond donors (Lipinski definition) is 3. The molecule has 4 aromatic carbocycles. The zero-order valence-corrected chi connectivity index (χ0v) is 41.0. The van der Waals surface area contributed by atoms with Crippen LogP contribution in [0.5, 0.6) is 23.0 Å². The Hall–Kier alpha value is -6.20. The number of anilines is 3. The third-order valence-electron chi connectivity index (χ3n) is 10.8. The van der Waals surface area contributed by atoms with Gasteiger partial charge < -0.3 is 30.4 Å². The van der Waals surface area contributed by atoms with Gasteiger partial charge >= 0.3 is 5.82 Å². The largest absolute Gasteiger partial charge is 0.489 e. The second-order valence-corrected chi connectivity index (χ2v) is 19.5. The Morgan fingerprint density at radius 2 is 1.27 bits per heavy atom. The predicted molar refractivity (Wildman–Crippen MR) is 265 cm³/mol. The van der Waals surface area contributed by atoms with Gasteiger partial charge in [-0.05, 0) is 75.8 Å². The molecular formula is C48H47Cl4N8O6S+. The van der Waals surface area contributed by atoms with Crippen LogP contribution in [0.15, 0.2) is 91.4 Å². The van der Waals surface area contributed by atoms with Crippen LogP contribution < -0.4 is 35.1 Å². The maximum Gasteiger partial charge on any atom is 0.428 e. The van der Waals surface area contributed by atoms with Crippen LogP contribution in [-0.4, -0.2) is 54.6 Å². The molecule has 6 rings (SSSR count). The summed E-state index contributed by atoms with van der Waals surface area (Å²) in [7, 11) is -3.82. The summed E-state index contributed by atoms with van der Waals surface area (Å²) in [5.41, 5.74) is 16.9. The highest BCUT2D eigenvalue weighted by atomic mass is 35.5. The number of aromatic nitrogens is 3. The quantitative estimate of drug-likeness (QED) is 0.0689. The number of nitrogens with two attached hydrogens (primary N) is 2. The minimum atomic E-state index is -3.82. The molecule has 19 heteroatoms. The van der Waals surface area contributed by atoms with Gasteiger partial charge in [0, 0.05) is 16.4 Å². The molecule has 0 aliphatic heterocycles. The summed E-state index contributed by atoms with van der Waals surface area (Å²) in [6, 6.07) is 29.0. The summed E-state index contributed by atoms with van der Waals surface area (Å²) >= 11 is 25.3. The smallest absolute Gasteiger partial charge is 0.428 e. The first-order valence-corrected chi connectivity index (χ1v) is 24.3. The third-order valence-corrected chi connectivity index (χ3v) is 12.2. The minimum Gasteiger partial charge on any atom is -0.489 e. The number of hydrogen-bond acceptors (Lipinski definition) is 12. The molecule has 0 aliphatic rings. The van der Waals surface area contributed by atoms with Crippen LogP contribution >= 0.6 is 46.4 Å². The standard InChI is InChI=1S/C48H47Cl4N8O6S/c1-47(2,34-18-29(23-53)44(38(51)21-34)63-16-14-49)32-6-10-36(11-7-32)65-26-31-20-42(59-46(43(31)55)60-67(5,61)62)57-24-30-19-35(22-39(52)45(30)64-17-15-50)48(3,4)33-8-12-37(13-9-33)66-27-41-40(54)25-56-28-58-41/h6-13,18-22,25,28H,14-17,26-27,54-55H2,1-5H3,(H,59,60)/q+1. The van der Waals surface area contributed by atoms with Crippen molar-refractivity contribution in [2.24, 2.45) is 0 Å². The van der Waals surface area contributed by atoms with Gasteiger partial charge in [0.2, 0.25) is 10.0 Å². The third kappa shape index (κ3) is 12.4. The van der Waals surface area contributed by atoms with Crippen LogP contribution in [0.2, 0.25) is 10.0 Å². The average Bonchev–Trinajstić information content (AvgIpc) is 3.29. The number of ether oxygens (including phenoxy) is 4. The second-order valence-electron chi connectivity index (χ2n) is 16.2. The van der Waals surface area contributed by atoms with Crippen molar-refractivity contribution in [2.75, 3.05) is 47.4 Å². The van der Waals surface area contributed by atoms with E-state index in [0.717, 1.165) is 28.5 Å². The second kappa shape index (κ2) is 21.6. The highest BCUT2D eigenvalue weighted by Gasteiger charge is 2.29. The molecule has 2 aromatic heterocycles. The molecule has 0 saturated carbocycles. The van der Waals surface area contributed by atoms with Crippen molar-refractivity contribution in [3.05, 3.63) is 151 Å². The van der Waals surface area contributed by atoms with E-state index in [0.29, 0.717) is 55.4 Å². The molecule has 0 fully saturated rings. The number of benzene rings is 4. The van der Waals surface area contributed by atoms with Gasteiger partial charge in [0.25, 0.3) is 5.82 Å². The molecule has 6 aromatic rings. The molecule has 0 saturated heterocycles. The maximum atomic E-state index is 12.4. The van der Waals surface area contributed by atoms with Gasteiger partial charge in [0.1, 0.15) is 67.3 Å². The molecule has 0 radical (unpaired) electrons. The number of nitrogens with zero attached hydrogens (tertiary/aromatic N) is 5. The molecule has 0 unspecified atom stereocenters. The SMILES string of the molecule is CC(C)(c1ccc(OCc2cc([N+]#Cc3cc(C(C)(C)c4ccc(OCc5ncncc5N)cc4)cc(Cl)c3OCCCl)nc(NS(C)(=O)=O)c2N)cc1)c1cc(Cl)c(OCCCl)c(C#N)c1. The van der Waals surface area contributed by atoms with Crippen molar-refractivity contribution in [1.82, 2.24) is 15.0 Å². The monoisotopic (exact) mass is 1000 g/mol. The Morgan fingerprint density at radius 1 is 0.746 bits per heavy atom. The normalized spacial score (nSPS) is 11.5. The molecule has 2 heterocycles. The van der Waals surface area contributed by atoms with Crippen LogP contribution in [0.1, 0.15) is 72.3 Å². The first-order valence-electron chi connectivity index (χ1n) is 20.5. The molecule has 0 aliphatic carbocycles. The molecule has 348 valence electrons. The van der Waals surface area contributed by atoms with Crippen molar-refractivity contribution >= 4 is 79.4 Å². The van der Waals surface area contributed by atoms with Crippen molar-refractivity contribution in [3.63, 3.8) is 0 Å². The first-order chi connectivity index (χ1) is 31.8. The lowest BCUT2D eigenvalue weighted by Crippen LogP contribution is -2.19. The number of rotatable bonds is 18. The van der Waals surface area contributed by atoms with E-state index in [9.17, 15) is 13.7 Å². The Bertz CT molecular complexity index is 2980. The lowest BCUT2D eigenvalue weighted by molar-refractivity contribution is 0.301. The number of sulfonamides is 1. The van der Waals surface area contributed by atoms with E-state index in [-0.39, 0.29) is 61.3 Å². The summed E-state index contributed by atoms with van der Waals surface area (Å²) < 4.78 is 51.0. The van der Waals surface area contributed by atoms with Crippen LogP contribution in [0, 0.1) is 17.4 Å². The van der Waals surface area contributed by atoms with E-state index in [1.165, 1.54) is 12.5 Å². The van der Waals surface area contributed by atoms with Gasteiger partial charge in [-0.3, -0.25) is 0 Å².